The summed E-state index contributed by atoms with van der Waals surface area (Å²) in [5.41, 5.74) is 3.60. The molecule has 1 aromatic rings. The van der Waals surface area contributed by atoms with Crippen LogP contribution < -0.4 is 0 Å². The topological polar surface area (TPSA) is 0 Å². The van der Waals surface area contributed by atoms with Crippen LogP contribution in [-0.4, -0.2) is 0 Å². The molecule has 0 heteroatoms. The van der Waals surface area contributed by atoms with Crippen molar-refractivity contribution in [2.24, 2.45) is 11.3 Å². The Hall–Kier alpha value is -0.780. The van der Waals surface area contributed by atoms with Crippen molar-refractivity contribution in [2.75, 3.05) is 0 Å². The van der Waals surface area contributed by atoms with Gasteiger partial charge in [0.2, 0.25) is 0 Å². The fourth-order valence-corrected chi connectivity index (χ4v) is 2.17. The first kappa shape index (κ1) is 8.80. The van der Waals surface area contributed by atoms with Gasteiger partial charge in [0.15, 0.2) is 0 Å². The van der Waals surface area contributed by atoms with Crippen LogP contribution in [0.15, 0.2) is 24.3 Å². The second-order valence-electron chi connectivity index (χ2n) is 5.24. The van der Waals surface area contributed by atoms with Gasteiger partial charge < -0.3 is 0 Å². The van der Waals surface area contributed by atoms with Gasteiger partial charge in [-0.05, 0) is 35.3 Å². The highest BCUT2D eigenvalue weighted by Crippen LogP contribution is 2.37. The molecule has 0 aliphatic heterocycles. The maximum absolute atomic E-state index is 2.35. The predicted molar refractivity (Wildman–Crippen MR) is 56.8 cm³/mol. The molecule has 0 unspecified atom stereocenters. The van der Waals surface area contributed by atoms with Crippen molar-refractivity contribution in [3.05, 3.63) is 35.4 Å². The van der Waals surface area contributed by atoms with E-state index < -0.39 is 0 Å². The van der Waals surface area contributed by atoms with Gasteiger partial charge in [0, 0.05) is 0 Å². The number of hydrogen-bond donors (Lipinski definition) is 0. The van der Waals surface area contributed by atoms with E-state index in [9.17, 15) is 0 Å². The molecule has 0 N–H and O–H groups in total. The second kappa shape index (κ2) is 2.87. The summed E-state index contributed by atoms with van der Waals surface area (Å²) in [7, 11) is 0. The van der Waals surface area contributed by atoms with Gasteiger partial charge in [-0.25, -0.2) is 0 Å². The van der Waals surface area contributed by atoms with Crippen LogP contribution in [0, 0.1) is 11.3 Å². The van der Waals surface area contributed by atoms with E-state index in [0.29, 0.717) is 5.41 Å². The highest BCUT2D eigenvalue weighted by atomic mass is 14.3. The third kappa shape index (κ3) is 1.63. The Balaban J connectivity index is 2.23. The van der Waals surface area contributed by atoms with Crippen molar-refractivity contribution in [3.8, 4) is 0 Å². The Labute approximate surface area is 81.0 Å². The Morgan fingerprint density at radius 3 is 1.85 bits per heavy atom. The van der Waals surface area contributed by atoms with Crippen LogP contribution in [0.5, 0.6) is 0 Å². The van der Waals surface area contributed by atoms with Crippen LogP contribution in [0.4, 0.5) is 0 Å². The molecule has 0 fully saturated rings. The Morgan fingerprint density at radius 2 is 1.46 bits per heavy atom. The third-order valence-electron chi connectivity index (χ3n) is 3.28. The lowest BCUT2D eigenvalue weighted by molar-refractivity contribution is 0.251. The molecule has 0 aromatic heterocycles. The maximum atomic E-state index is 2.35. The van der Waals surface area contributed by atoms with E-state index in [2.05, 4.69) is 45.0 Å². The van der Waals surface area contributed by atoms with Gasteiger partial charge in [-0.3, -0.25) is 0 Å². The molecule has 2 rings (SSSR count). The summed E-state index contributed by atoms with van der Waals surface area (Å²) < 4.78 is 0. The third-order valence-corrected chi connectivity index (χ3v) is 3.28. The lowest BCUT2D eigenvalue weighted by Crippen LogP contribution is -2.20. The minimum atomic E-state index is 0.457. The van der Waals surface area contributed by atoms with Gasteiger partial charge >= 0.3 is 0 Å². The molecule has 0 bridgehead atoms. The van der Waals surface area contributed by atoms with E-state index in [1.165, 1.54) is 12.8 Å². The van der Waals surface area contributed by atoms with Gasteiger partial charge in [0.25, 0.3) is 0 Å². The molecular weight excluding hydrogens is 156 g/mol. The summed E-state index contributed by atoms with van der Waals surface area (Å²) in [6, 6.07) is 8.87. The van der Waals surface area contributed by atoms with E-state index in [4.69, 9.17) is 0 Å². The molecule has 70 valence electrons. The van der Waals surface area contributed by atoms with E-state index in [-0.39, 0.29) is 0 Å². The molecule has 0 heterocycles. The molecule has 0 saturated carbocycles. The van der Waals surface area contributed by atoms with Crippen LogP contribution >= 0.6 is 0 Å². The Kier molecular flexibility index (Phi) is 1.94. The van der Waals surface area contributed by atoms with Crippen LogP contribution in [0.25, 0.3) is 0 Å². The zero-order valence-corrected chi connectivity index (χ0v) is 8.80. The number of rotatable bonds is 0. The van der Waals surface area contributed by atoms with E-state index in [0.717, 1.165) is 5.92 Å². The van der Waals surface area contributed by atoms with Crippen molar-refractivity contribution >= 4 is 0 Å². The van der Waals surface area contributed by atoms with Crippen LogP contribution in [0.2, 0.25) is 0 Å². The quantitative estimate of drug-likeness (QED) is 0.565. The van der Waals surface area contributed by atoms with Gasteiger partial charge in [-0.2, -0.15) is 0 Å². The largest absolute Gasteiger partial charge is 0.0620 e. The van der Waals surface area contributed by atoms with Gasteiger partial charge in [-0.15, -0.1) is 0 Å². The molecule has 1 aliphatic rings. The van der Waals surface area contributed by atoms with Crippen molar-refractivity contribution in [2.45, 2.75) is 33.6 Å². The van der Waals surface area contributed by atoms with Gasteiger partial charge in [0.1, 0.15) is 0 Å². The molecule has 13 heavy (non-hydrogen) atoms. The highest BCUT2D eigenvalue weighted by molar-refractivity contribution is 5.32. The van der Waals surface area contributed by atoms with Crippen LogP contribution in [-0.2, 0) is 12.8 Å². The predicted octanol–water partition coefficient (Wildman–Crippen LogP) is 3.45. The highest BCUT2D eigenvalue weighted by Gasteiger charge is 2.30. The van der Waals surface area contributed by atoms with E-state index >= 15 is 0 Å². The minimum absolute atomic E-state index is 0.457. The first-order valence-corrected chi connectivity index (χ1v) is 5.14. The summed E-state index contributed by atoms with van der Waals surface area (Å²) in [4.78, 5) is 0. The lowest BCUT2D eigenvalue weighted by Gasteiger charge is -2.26. The van der Waals surface area contributed by atoms with Crippen molar-refractivity contribution in [1.29, 1.82) is 0 Å². The van der Waals surface area contributed by atoms with Crippen LogP contribution in [0.1, 0.15) is 31.9 Å². The van der Waals surface area contributed by atoms with E-state index in [1.54, 1.807) is 11.1 Å². The number of hydrogen-bond acceptors (Lipinski definition) is 0. The molecule has 1 aromatic carbocycles. The molecule has 0 nitrogen and oxygen atoms in total. The zero-order chi connectivity index (χ0) is 9.47. The molecule has 1 aliphatic carbocycles. The van der Waals surface area contributed by atoms with E-state index in [1.807, 2.05) is 0 Å². The first-order valence-electron chi connectivity index (χ1n) is 5.14. The zero-order valence-electron chi connectivity index (χ0n) is 8.80. The maximum Gasteiger partial charge on any atom is -0.0239 e. The fraction of sp³-hybridized carbons (Fsp3) is 0.538. The molecule has 0 saturated heterocycles. The normalized spacial score (nSPS) is 17.5. The second-order valence-corrected chi connectivity index (χ2v) is 5.24. The molecule has 0 radical (unpaired) electrons. The SMILES string of the molecule is CC(C)(C)C1Cc2ccccc2C1. The summed E-state index contributed by atoms with van der Waals surface area (Å²) in [6.45, 7) is 7.05. The van der Waals surface area contributed by atoms with Crippen molar-refractivity contribution < 1.29 is 0 Å². The average molecular weight is 174 g/mol. The first-order chi connectivity index (χ1) is 6.07. The Bertz CT molecular complexity index is 279. The molecular formula is C13H18. The minimum Gasteiger partial charge on any atom is -0.0620 e. The standard InChI is InChI=1S/C13H18/c1-13(2,3)12-8-10-6-4-5-7-11(10)9-12/h4-7,12H,8-9H2,1-3H3. The summed E-state index contributed by atoms with van der Waals surface area (Å²) in [5.74, 6) is 0.838. The van der Waals surface area contributed by atoms with Crippen LogP contribution in [0.3, 0.4) is 0 Å². The Morgan fingerprint density at radius 1 is 1.00 bits per heavy atom. The smallest absolute Gasteiger partial charge is 0.0239 e. The summed E-state index contributed by atoms with van der Waals surface area (Å²) in [6.07, 6.45) is 2.55. The average Bonchev–Trinajstić information content (AvgIpc) is 2.45. The van der Waals surface area contributed by atoms with Crippen molar-refractivity contribution in [3.63, 3.8) is 0 Å². The molecule has 0 amide bonds. The van der Waals surface area contributed by atoms with Gasteiger partial charge in [-0.1, -0.05) is 45.0 Å². The molecule has 0 atom stereocenters. The number of benzene rings is 1. The number of fused-ring (bicyclic) bond motifs is 1. The van der Waals surface area contributed by atoms with Crippen molar-refractivity contribution in [1.82, 2.24) is 0 Å². The fourth-order valence-electron chi connectivity index (χ4n) is 2.17. The monoisotopic (exact) mass is 174 g/mol. The summed E-state index contributed by atoms with van der Waals surface area (Å²) >= 11 is 0. The van der Waals surface area contributed by atoms with Gasteiger partial charge in [0.05, 0.1) is 0 Å². The summed E-state index contributed by atoms with van der Waals surface area (Å²) in [5, 5.41) is 0. The lowest BCUT2D eigenvalue weighted by atomic mass is 9.79. The molecule has 0 spiro atoms.